The minimum atomic E-state index is -0.931. The van der Waals surface area contributed by atoms with E-state index >= 15 is 0 Å². The second kappa shape index (κ2) is 15.5. The number of rotatable bonds is 6. The second-order valence-electron chi connectivity index (χ2n) is 12.8. The number of urea groups is 1. The number of likely N-dealkylation sites (tertiary alicyclic amines) is 2. The first-order valence-electron chi connectivity index (χ1n) is 16.5. The largest absolute Gasteiger partial charge is 0.436 e. The number of hydrogen-bond donors (Lipinski definition) is 2. The summed E-state index contributed by atoms with van der Waals surface area (Å²) in [6.45, 7) is 8.92. The first kappa shape index (κ1) is 34.0. The Morgan fingerprint density at radius 3 is 2.30 bits per heavy atom. The van der Waals surface area contributed by atoms with Gasteiger partial charge in [-0.05, 0) is 67.9 Å². The van der Waals surface area contributed by atoms with Gasteiger partial charge in [0.05, 0.1) is 0 Å². The fourth-order valence-electron chi connectivity index (χ4n) is 7.15. The maximum absolute atomic E-state index is 13.9. The second-order valence-corrected chi connectivity index (χ2v) is 13.2. The van der Waals surface area contributed by atoms with Crippen LogP contribution in [0.25, 0.3) is 0 Å². The molecule has 0 bridgehead atoms. The molecular formula is C35H49ClN6O4. The third-order valence-electron chi connectivity index (χ3n) is 9.93. The van der Waals surface area contributed by atoms with Crippen LogP contribution in [0.1, 0.15) is 49.8 Å². The molecule has 4 aliphatic rings. The van der Waals surface area contributed by atoms with Gasteiger partial charge >= 0.3 is 12.1 Å². The molecule has 1 atom stereocenters. The van der Waals surface area contributed by atoms with Crippen molar-refractivity contribution in [1.29, 1.82) is 0 Å². The highest BCUT2D eigenvalue weighted by atomic mass is 35.5. The number of carbonyl (C=O) groups excluding carboxylic acids is 3. The van der Waals surface area contributed by atoms with Crippen LogP contribution in [0, 0.1) is 6.92 Å². The van der Waals surface area contributed by atoms with Crippen LogP contribution in [-0.4, -0.2) is 115 Å². The number of para-hydroxylation sites is 1. The van der Waals surface area contributed by atoms with Gasteiger partial charge in [-0.2, -0.15) is 0 Å². The summed E-state index contributed by atoms with van der Waals surface area (Å²) in [7, 11) is 0. The molecule has 4 amide bonds. The highest BCUT2D eigenvalue weighted by Gasteiger charge is 2.36. The predicted octanol–water partition coefficient (Wildman–Crippen LogP) is 4.78. The van der Waals surface area contributed by atoms with Crippen LogP contribution >= 0.6 is 11.6 Å². The van der Waals surface area contributed by atoms with Gasteiger partial charge in [0.1, 0.15) is 0 Å². The van der Waals surface area contributed by atoms with Crippen LogP contribution < -0.4 is 10.6 Å². The minimum absolute atomic E-state index is 0. The Morgan fingerprint density at radius 2 is 1.59 bits per heavy atom. The molecule has 0 unspecified atom stereocenters. The summed E-state index contributed by atoms with van der Waals surface area (Å²) in [5, 5.41) is 7.09. The Balaban J connectivity index is 0.00000417. The molecule has 0 saturated carbocycles. The highest BCUT2D eigenvalue weighted by molar-refractivity contribution is 6.31. The molecular weight excluding hydrogens is 604 g/mol. The summed E-state index contributed by atoms with van der Waals surface area (Å²) in [5.74, 6) is -0.144. The van der Waals surface area contributed by atoms with Crippen molar-refractivity contribution in [3.63, 3.8) is 0 Å². The zero-order valence-corrected chi connectivity index (χ0v) is 26.9. The molecule has 4 heterocycles. The monoisotopic (exact) mass is 652 g/mol. The van der Waals surface area contributed by atoms with Crippen molar-refractivity contribution in [3.05, 3.63) is 64.2 Å². The van der Waals surface area contributed by atoms with Gasteiger partial charge < -0.3 is 30.1 Å². The molecule has 4 aliphatic heterocycles. The lowest BCUT2D eigenvalue weighted by atomic mass is 10.00. The first-order chi connectivity index (χ1) is 21.9. The molecule has 3 saturated heterocycles. The number of fused-ring (bicyclic) bond motifs is 1. The van der Waals surface area contributed by atoms with E-state index in [2.05, 4.69) is 21.6 Å². The summed E-state index contributed by atoms with van der Waals surface area (Å²) in [5.41, 5.74) is 3.82. The summed E-state index contributed by atoms with van der Waals surface area (Å²) in [6, 6.07) is 14.1. The number of piperidine rings is 2. The van der Waals surface area contributed by atoms with E-state index < -0.39 is 12.2 Å². The number of piperazine rings is 1. The van der Waals surface area contributed by atoms with Gasteiger partial charge in [0.15, 0.2) is 6.10 Å². The van der Waals surface area contributed by atoms with Gasteiger partial charge in [0, 0.05) is 88.1 Å². The van der Waals surface area contributed by atoms with Crippen molar-refractivity contribution in [1.82, 2.24) is 24.9 Å². The van der Waals surface area contributed by atoms with E-state index in [9.17, 15) is 14.4 Å². The molecule has 11 heteroatoms. The third-order valence-corrected chi connectivity index (χ3v) is 10.3. The van der Waals surface area contributed by atoms with Crippen LogP contribution in [0.15, 0.2) is 42.5 Å². The normalized spacial score (nSPS) is 20.7. The summed E-state index contributed by atoms with van der Waals surface area (Å²) in [4.78, 5) is 48.4. The maximum Gasteiger partial charge on any atom is 0.410 e. The number of amides is 4. The van der Waals surface area contributed by atoms with Crippen molar-refractivity contribution in [2.45, 2.75) is 71.1 Å². The minimum Gasteiger partial charge on any atom is -0.436 e. The molecule has 0 radical (unpaired) electrons. The number of nitrogens with one attached hydrogen (secondary N) is 2. The van der Waals surface area contributed by atoms with Gasteiger partial charge in [-0.15, -0.1) is 0 Å². The number of hydrogen-bond acceptors (Lipinski definition) is 6. The topological polar surface area (TPSA) is 97.5 Å². The molecule has 3 fully saturated rings. The Morgan fingerprint density at radius 1 is 0.913 bits per heavy atom. The van der Waals surface area contributed by atoms with Crippen molar-refractivity contribution < 1.29 is 19.1 Å². The van der Waals surface area contributed by atoms with Gasteiger partial charge in [0.25, 0.3) is 5.91 Å². The molecule has 0 aliphatic carbocycles. The Labute approximate surface area is 278 Å². The molecule has 0 aromatic heterocycles. The average molecular weight is 653 g/mol. The molecule has 2 aromatic rings. The van der Waals surface area contributed by atoms with Gasteiger partial charge in [0.2, 0.25) is 0 Å². The Hall–Kier alpha value is -3.34. The number of anilines is 1. The smallest absolute Gasteiger partial charge is 0.410 e. The molecule has 0 spiro atoms. The van der Waals surface area contributed by atoms with Crippen LogP contribution in [0.3, 0.4) is 0 Å². The van der Waals surface area contributed by atoms with E-state index in [1.165, 1.54) is 0 Å². The molecule has 2 aromatic carbocycles. The fourth-order valence-corrected chi connectivity index (χ4v) is 7.36. The lowest BCUT2D eigenvalue weighted by Crippen LogP contribution is -2.54. The SMILES string of the molecule is C.Cc1ccc(C[C@@H](OC(=O)N2CCC(N3CCc4ccccc4NC3=O)CC2)C(=O)N2CCC(N3CCNCC3)CC2)cc1Cl. The van der Waals surface area contributed by atoms with Crippen LogP contribution in [-0.2, 0) is 22.4 Å². The van der Waals surface area contributed by atoms with Crippen molar-refractivity contribution in [2.75, 3.05) is 64.2 Å². The third kappa shape index (κ3) is 7.96. The molecule has 46 heavy (non-hydrogen) atoms. The number of carbonyl (C=O) groups is 3. The number of ether oxygens (including phenoxy) is 1. The fraction of sp³-hybridized carbons (Fsp3) is 0.571. The number of halogens is 1. The van der Waals surface area contributed by atoms with E-state index in [0.717, 1.165) is 67.8 Å². The van der Waals surface area contributed by atoms with E-state index in [1.807, 2.05) is 53.1 Å². The van der Waals surface area contributed by atoms with E-state index in [1.54, 1.807) is 4.90 Å². The highest BCUT2D eigenvalue weighted by Crippen LogP contribution is 2.26. The maximum atomic E-state index is 13.9. The van der Waals surface area contributed by atoms with Gasteiger partial charge in [-0.25, -0.2) is 9.59 Å². The van der Waals surface area contributed by atoms with Gasteiger partial charge in [-0.3, -0.25) is 9.69 Å². The van der Waals surface area contributed by atoms with Crippen LogP contribution in [0.5, 0.6) is 0 Å². The van der Waals surface area contributed by atoms with Gasteiger partial charge in [-0.1, -0.05) is 49.4 Å². The summed E-state index contributed by atoms with van der Waals surface area (Å²) < 4.78 is 6.03. The van der Waals surface area contributed by atoms with Crippen molar-refractivity contribution >= 4 is 35.3 Å². The summed E-state index contributed by atoms with van der Waals surface area (Å²) >= 11 is 6.41. The number of benzene rings is 2. The van der Waals surface area contributed by atoms with E-state index in [0.29, 0.717) is 56.6 Å². The molecule has 6 rings (SSSR count). The van der Waals surface area contributed by atoms with Crippen LogP contribution in [0.4, 0.5) is 15.3 Å². The molecule has 10 nitrogen and oxygen atoms in total. The standard InChI is InChI=1S/C34H45ClN6O4.CH4/c1-24-6-7-25(22-29(24)35)23-31(32(42)39-15-9-27(10-16-39)38-20-13-36-14-21-38)45-34(44)40-17-11-28(12-18-40)41-19-8-26-4-2-3-5-30(26)37-33(41)43;/h2-7,22,27-28,31,36H,8-21,23H2,1H3,(H,37,43);1H4/t31-;/m1./s1. The zero-order chi connectivity index (χ0) is 31.3. The number of aryl methyl sites for hydroxylation is 1. The zero-order valence-electron chi connectivity index (χ0n) is 26.2. The van der Waals surface area contributed by atoms with E-state index in [-0.39, 0.29) is 31.8 Å². The predicted molar refractivity (Wildman–Crippen MR) is 181 cm³/mol. The quantitative estimate of drug-likeness (QED) is 0.466. The average Bonchev–Trinajstić information content (AvgIpc) is 3.24. The molecule has 250 valence electrons. The summed E-state index contributed by atoms with van der Waals surface area (Å²) in [6.07, 6.45) is 2.81. The van der Waals surface area contributed by atoms with Crippen LogP contribution in [0.2, 0.25) is 5.02 Å². The van der Waals surface area contributed by atoms with Crippen molar-refractivity contribution in [2.24, 2.45) is 0 Å². The van der Waals surface area contributed by atoms with Crippen molar-refractivity contribution in [3.8, 4) is 0 Å². The molecule has 2 N–H and O–H groups in total. The Kier molecular flexibility index (Phi) is 11.5. The Bertz CT molecular complexity index is 1370. The lowest BCUT2D eigenvalue weighted by Gasteiger charge is -2.41. The first-order valence-corrected chi connectivity index (χ1v) is 16.8. The number of nitrogens with zero attached hydrogens (tertiary/aromatic N) is 4. The lowest BCUT2D eigenvalue weighted by molar-refractivity contribution is -0.142. The van der Waals surface area contributed by atoms with E-state index in [4.69, 9.17) is 16.3 Å².